The lowest BCUT2D eigenvalue weighted by molar-refractivity contribution is 0.735. The van der Waals surface area contributed by atoms with Crippen molar-refractivity contribution in [2.45, 2.75) is 46.1 Å². The average Bonchev–Trinajstić information content (AvgIpc) is 2.29. The second kappa shape index (κ2) is 6.90. The molecular weight excluding hydrogens is 198 g/mol. The van der Waals surface area contributed by atoms with Crippen LogP contribution in [0, 0.1) is 18.8 Å². The van der Waals surface area contributed by atoms with Crippen molar-refractivity contribution in [1.29, 1.82) is 0 Å². The minimum Gasteiger partial charge on any atom is -0.304 e. The molecule has 1 aromatic rings. The molecule has 0 aliphatic carbocycles. The van der Waals surface area contributed by atoms with Gasteiger partial charge in [0.15, 0.2) is 0 Å². The zero-order valence-corrected chi connectivity index (χ0v) is 10.1. The summed E-state index contributed by atoms with van der Waals surface area (Å²) in [6.45, 7) is 4.51. The van der Waals surface area contributed by atoms with E-state index in [4.69, 9.17) is 0 Å². The van der Waals surface area contributed by atoms with Gasteiger partial charge in [0, 0.05) is 18.2 Å². The van der Waals surface area contributed by atoms with E-state index in [9.17, 15) is 4.79 Å². The van der Waals surface area contributed by atoms with Crippen molar-refractivity contribution in [3.63, 3.8) is 0 Å². The molecule has 0 N–H and O–H groups in total. The highest BCUT2D eigenvalue weighted by atomic mass is 16.1. The summed E-state index contributed by atoms with van der Waals surface area (Å²) in [5, 5.41) is 0. The largest absolute Gasteiger partial charge is 0.304 e. The van der Waals surface area contributed by atoms with Gasteiger partial charge in [-0.05, 0) is 19.4 Å². The predicted octanol–water partition coefficient (Wildman–Crippen LogP) is 2.74. The van der Waals surface area contributed by atoms with Crippen LogP contribution in [0.4, 0.5) is 0 Å². The van der Waals surface area contributed by atoms with Gasteiger partial charge in [0.1, 0.15) is 0 Å². The molecule has 1 heterocycles. The molecule has 0 saturated heterocycles. The van der Waals surface area contributed by atoms with Crippen molar-refractivity contribution < 1.29 is 0 Å². The van der Waals surface area contributed by atoms with Crippen molar-refractivity contribution in [3.8, 4) is 11.8 Å². The minimum atomic E-state index is 0.0605. The van der Waals surface area contributed by atoms with Gasteiger partial charge in [-0.25, -0.2) is 0 Å². The van der Waals surface area contributed by atoms with Crippen molar-refractivity contribution in [3.05, 3.63) is 34.2 Å². The Morgan fingerprint density at radius 1 is 1.31 bits per heavy atom. The molecule has 2 nitrogen and oxygen atoms in total. The second-order valence-electron chi connectivity index (χ2n) is 3.93. The monoisotopic (exact) mass is 217 g/mol. The minimum absolute atomic E-state index is 0.0605. The van der Waals surface area contributed by atoms with Crippen LogP contribution < -0.4 is 5.56 Å². The van der Waals surface area contributed by atoms with Crippen LogP contribution in [0.5, 0.6) is 0 Å². The molecule has 1 aromatic heterocycles. The summed E-state index contributed by atoms with van der Waals surface area (Å²) < 4.78 is 1.65. The van der Waals surface area contributed by atoms with Gasteiger partial charge in [-0.2, -0.15) is 0 Å². The number of pyridine rings is 1. The Kier molecular flexibility index (Phi) is 5.42. The van der Waals surface area contributed by atoms with Crippen molar-refractivity contribution in [2.24, 2.45) is 0 Å². The summed E-state index contributed by atoms with van der Waals surface area (Å²) in [5.41, 5.74) is 0.834. The van der Waals surface area contributed by atoms with Crippen LogP contribution in [0.2, 0.25) is 0 Å². The predicted molar refractivity (Wildman–Crippen MR) is 67.4 cm³/mol. The lowest BCUT2D eigenvalue weighted by atomic mass is 10.2. The molecule has 1 rings (SSSR count). The third-order valence-electron chi connectivity index (χ3n) is 2.49. The van der Waals surface area contributed by atoms with E-state index in [0.29, 0.717) is 6.54 Å². The van der Waals surface area contributed by atoms with Crippen molar-refractivity contribution in [2.75, 3.05) is 0 Å². The maximum Gasteiger partial charge on any atom is 0.254 e. The summed E-state index contributed by atoms with van der Waals surface area (Å²) in [5.74, 6) is 6.15. The summed E-state index contributed by atoms with van der Waals surface area (Å²) >= 11 is 0. The molecule has 0 saturated carbocycles. The molecular formula is C14H19NO. The number of hydrogen-bond donors (Lipinski definition) is 0. The van der Waals surface area contributed by atoms with Gasteiger partial charge in [-0.1, -0.05) is 31.8 Å². The van der Waals surface area contributed by atoms with E-state index in [1.165, 1.54) is 12.8 Å². The van der Waals surface area contributed by atoms with E-state index in [-0.39, 0.29) is 5.56 Å². The first kappa shape index (κ1) is 12.6. The lowest BCUT2D eigenvalue weighted by Gasteiger charge is -2.00. The van der Waals surface area contributed by atoms with E-state index in [0.717, 1.165) is 18.4 Å². The van der Waals surface area contributed by atoms with Crippen LogP contribution >= 0.6 is 0 Å². The first-order valence-electron chi connectivity index (χ1n) is 5.87. The summed E-state index contributed by atoms with van der Waals surface area (Å²) in [6.07, 6.45) is 6.34. The molecule has 0 aliphatic rings. The molecule has 0 aliphatic heterocycles. The van der Waals surface area contributed by atoms with Gasteiger partial charge in [0.25, 0.3) is 5.56 Å². The van der Waals surface area contributed by atoms with Gasteiger partial charge in [0.2, 0.25) is 0 Å². The van der Waals surface area contributed by atoms with E-state index in [2.05, 4.69) is 18.8 Å². The van der Waals surface area contributed by atoms with E-state index < -0.39 is 0 Å². The highest BCUT2D eigenvalue weighted by molar-refractivity contribution is 5.09. The molecule has 0 spiro atoms. The fourth-order valence-corrected chi connectivity index (χ4v) is 1.47. The van der Waals surface area contributed by atoms with Gasteiger partial charge in [-0.15, -0.1) is 5.92 Å². The molecule has 16 heavy (non-hydrogen) atoms. The standard InChI is InChI=1S/C14H19NO/c1-3-4-5-6-7-8-11-15-12-9-10-13(2)14(15)16/h9-10,12H,3-6,11H2,1-2H3. The van der Waals surface area contributed by atoms with Gasteiger partial charge in [-0.3, -0.25) is 4.79 Å². The second-order valence-corrected chi connectivity index (χ2v) is 3.93. The molecule has 0 aromatic carbocycles. The van der Waals surface area contributed by atoms with Gasteiger partial charge < -0.3 is 4.57 Å². The topological polar surface area (TPSA) is 22.0 Å². The van der Waals surface area contributed by atoms with E-state index >= 15 is 0 Å². The number of aryl methyl sites for hydroxylation is 1. The Morgan fingerprint density at radius 2 is 2.12 bits per heavy atom. The summed E-state index contributed by atoms with van der Waals surface area (Å²) in [7, 11) is 0. The fourth-order valence-electron chi connectivity index (χ4n) is 1.47. The van der Waals surface area contributed by atoms with E-state index in [1.807, 2.05) is 19.1 Å². The Labute approximate surface area is 97.3 Å². The molecule has 0 radical (unpaired) electrons. The SMILES string of the molecule is CCCCCC#CCn1cccc(C)c1=O. The number of unbranched alkanes of at least 4 members (excludes halogenated alkanes) is 3. The highest BCUT2D eigenvalue weighted by Gasteiger charge is 1.94. The lowest BCUT2D eigenvalue weighted by Crippen LogP contribution is -2.20. The van der Waals surface area contributed by atoms with E-state index in [1.54, 1.807) is 10.8 Å². The number of aromatic nitrogens is 1. The van der Waals surface area contributed by atoms with Gasteiger partial charge >= 0.3 is 0 Å². The third kappa shape index (κ3) is 3.94. The molecule has 0 fully saturated rings. The number of rotatable bonds is 4. The molecule has 0 amide bonds. The fraction of sp³-hybridized carbons (Fsp3) is 0.500. The molecule has 0 unspecified atom stereocenters. The Bertz CT molecular complexity index is 434. The van der Waals surface area contributed by atoms with Crippen LogP contribution in [0.1, 0.15) is 38.2 Å². The van der Waals surface area contributed by atoms with Crippen LogP contribution in [-0.4, -0.2) is 4.57 Å². The zero-order valence-electron chi connectivity index (χ0n) is 10.1. The quantitative estimate of drug-likeness (QED) is 0.561. The summed E-state index contributed by atoms with van der Waals surface area (Å²) in [6, 6.07) is 3.71. The third-order valence-corrected chi connectivity index (χ3v) is 2.49. The number of nitrogens with zero attached hydrogens (tertiary/aromatic N) is 1. The van der Waals surface area contributed by atoms with Crippen LogP contribution in [0.25, 0.3) is 0 Å². The van der Waals surface area contributed by atoms with Crippen LogP contribution in [0.15, 0.2) is 23.1 Å². The smallest absolute Gasteiger partial charge is 0.254 e. The first-order chi connectivity index (χ1) is 7.75. The number of hydrogen-bond acceptors (Lipinski definition) is 1. The van der Waals surface area contributed by atoms with Crippen LogP contribution in [-0.2, 0) is 6.54 Å². The van der Waals surface area contributed by atoms with Crippen LogP contribution in [0.3, 0.4) is 0 Å². The summed E-state index contributed by atoms with van der Waals surface area (Å²) in [4.78, 5) is 11.6. The molecule has 86 valence electrons. The molecule has 0 atom stereocenters. The van der Waals surface area contributed by atoms with Gasteiger partial charge in [0.05, 0.1) is 6.54 Å². The zero-order chi connectivity index (χ0) is 11.8. The normalized spacial score (nSPS) is 9.62. The molecule has 2 heteroatoms. The Balaban J connectivity index is 2.48. The Hall–Kier alpha value is -1.49. The highest BCUT2D eigenvalue weighted by Crippen LogP contribution is 1.96. The molecule has 0 bridgehead atoms. The maximum absolute atomic E-state index is 11.6. The maximum atomic E-state index is 11.6. The first-order valence-corrected chi connectivity index (χ1v) is 5.87. The van der Waals surface area contributed by atoms with Crippen molar-refractivity contribution in [1.82, 2.24) is 4.57 Å². The Morgan fingerprint density at radius 3 is 2.88 bits per heavy atom. The average molecular weight is 217 g/mol. The van der Waals surface area contributed by atoms with Crippen molar-refractivity contribution >= 4 is 0 Å².